The maximum absolute atomic E-state index is 6.45. The molecule has 2 rings (SSSR count). The fourth-order valence-corrected chi connectivity index (χ4v) is 3.36. The summed E-state index contributed by atoms with van der Waals surface area (Å²) in [4.78, 5) is 0. The summed E-state index contributed by atoms with van der Waals surface area (Å²) in [5.74, 6) is 0.823. The van der Waals surface area contributed by atoms with Crippen LogP contribution in [0.15, 0.2) is 0 Å². The zero-order chi connectivity index (χ0) is 11.4. The Morgan fingerprint density at radius 1 is 1.38 bits per heavy atom. The van der Waals surface area contributed by atoms with Gasteiger partial charge in [-0.2, -0.15) is 0 Å². The van der Waals surface area contributed by atoms with Crippen molar-refractivity contribution in [2.75, 3.05) is 18.5 Å². The third-order valence-electron chi connectivity index (χ3n) is 4.13. The Morgan fingerprint density at radius 2 is 2.06 bits per heavy atom. The molecule has 1 saturated heterocycles. The molecule has 0 radical (unpaired) electrons. The molecular formula is C13H23BrO2. The first kappa shape index (κ1) is 12.8. The Morgan fingerprint density at radius 3 is 2.50 bits per heavy atom. The maximum Gasteiger partial charge on any atom is 0.0826 e. The average molecular weight is 291 g/mol. The van der Waals surface area contributed by atoms with Gasteiger partial charge in [-0.3, -0.25) is 0 Å². The first-order chi connectivity index (χ1) is 7.79. The molecule has 94 valence electrons. The first-order valence-corrected chi connectivity index (χ1v) is 7.73. The molecular weight excluding hydrogens is 268 g/mol. The standard InChI is InChI=1S/C13H23BrO2/c1-2-12(11-4-3-5-11)16-13(10-14)6-8-15-9-7-13/h11-12H,2-10H2,1H3. The molecule has 2 fully saturated rings. The van der Waals surface area contributed by atoms with E-state index in [2.05, 4.69) is 22.9 Å². The molecule has 1 saturated carbocycles. The second-order valence-corrected chi connectivity index (χ2v) is 5.75. The van der Waals surface area contributed by atoms with E-state index in [1.54, 1.807) is 0 Å². The fraction of sp³-hybridized carbons (Fsp3) is 1.00. The number of halogens is 1. The Bertz CT molecular complexity index is 210. The van der Waals surface area contributed by atoms with Gasteiger partial charge in [0.05, 0.1) is 11.7 Å². The molecule has 0 spiro atoms. The molecule has 0 aromatic heterocycles. The van der Waals surface area contributed by atoms with Crippen molar-refractivity contribution in [1.29, 1.82) is 0 Å². The third-order valence-corrected chi connectivity index (χ3v) is 5.15. The lowest BCUT2D eigenvalue weighted by Gasteiger charge is -2.43. The van der Waals surface area contributed by atoms with E-state index in [0.717, 1.165) is 43.7 Å². The number of alkyl halides is 1. The van der Waals surface area contributed by atoms with E-state index in [-0.39, 0.29) is 5.60 Å². The summed E-state index contributed by atoms with van der Waals surface area (Å²) in [5.41, 5.74) is 0.0501. The molecule has 1 atom stereocenters. The van der Waals surface area contributed by atoms with E-state index < -0.39 is 0 Å². The molecule has 1 aliphatic carbocycles. The van der Waals surface area contributed by atoms with Crippen LogP contribution in [0.3, 0.4) is 0 Å². The normalized spacial score (nSPS) is 27.4. The topological polar surface area (TPSA) is 18.5 Å². The Balaban J connectivity index is 1.92. The van der Waals surface area contributed by atoms with Crippen LogP contribution >= 0.6 is 15.9 Å². The van der Waals surface area contributed by atoms with Crippen LogP contribution in [0.4, 0.5) is 0 Å². The van der Waals surface area contributed by atoms with Crippen molar-refractivity contribution in [2.45, 2.75) is 57.2 Å². The van der Waals surface area contributed by atoms with E-state index in [1.807, 2.05) is 0 Å². The van der Waals surface area contributed by atoms with E-state index in [4.69, 9.17) is 9.47 Å². The van der Waals surface area contributed by atoms with Gasteiger partial charge in [-0.15, -0.1) is 0 Å². The molecule has 0 aromatic rings. The van der Waals surface area contributed by atoms with Gasteiger partial charge < -0.3 is 9.47 Å². The summed E-state index contributed by atoms with van der Waals surface area (Å²) in [5, 5.41) is 0.951. The van der Waals surface area contributed by atoms with Gasteiger partial charge in [-0.05, 0) is 25.2 Å². The lowest BCUT2D eigenvalue weighted by atomic mass is 9.79. The predicted octanol–water partition coefficient (Wildman–Crippen LogP) is 3.53. The number of hydrogen-bond donors (Lipinski definition) is 0. The van der Waals surface area contributed by atoms with Crippen LogP contribution in [-0.4, -0.2) is 30.2 Å². The van der Waals surface area contributed by atoms with Crippen LogP contribution in [0.1, 0.15) is 45.4 Å². The third kappa shape index (κ3) is 2.80. The molecule has 16 heavy (non-hydrogen) atoms. The fourth-order valence-electron chi connectivity index (χ4n) is 2.67. The van der Waals surface area contributed by atoms with Crippen molar-refractivity contribution in [3.05, 3.63) is 0 Å². The summed E-state index contributed by atoms with van der Waals surface area (Å²) in [7, 11) is 0. The van der Waals surface area contributed by atoms with Crippen LogP contribution in [0, 0.1) is 5.92 Å². The summed E-state index contributed by atoms with van der Waals surface area (Å²) >= 11 is 3.63. The highest BCUT2D eigenvalue weighted by molar-refractivity contribution is 9.09. The monoisotopic (exact) mass is 290 g/mol. The van der Waals surface area contributed by atoms with Gasteiger partial charge in [-0.25, -0.2) is 0 Å². The minimum atomic E-state index is 0.0501. The van der Waals surface area contributed by atoms with E-state index >= 15 is 0 Å². The number of ether oxygens (including phenoxy) is 2. The zero-order valence-electron chi connectivity index (χ0n) is 10.2. The van der Waals surface area contributed by atoms with Crippen LogP contribution in [0.25, 0.3) is 0 Å². The Labute approximate surface area is 107 Å². The molecule has 0 aromatic carbocycles. The van der Waals surface area contributed by atoms with Crippen molar-refractivity contribution < 1.29 is 9.47 Å². The number of hydrogen-bond acceptors (Lipinski definition) is 2. The SMILES string of the molecule is CCC(OC1(CBr)CCOCC1)C1CCC1. The van der Waals surface area contributed by atoms with Crippen LogP contribution in [0.2, 0.25) is 0 Å². The molecule has 0 N–H and O–H groups in total. The average Bonchev–Trinajstić information content (AvgIpc) is 2.27. The Kier molecular flexibility index (Phi) is 4.68. The quantitative estimate of drug-likeness (QED) is 0.721. The minimum absolute atomic E-state index is 0.0501. The van der Waals surface area contributed by atoms with Gasteiger partial charge in [0.1, 0.15) is 0 Å². The first-order valence-electron chi connectivity index (χ1n) is 6.61. The molecule has 0 amide bonds. The van der Waals surface area contributed by atoms with Crippen LogP contribution in [0.5, 0.6) is 0 Å². The summed E-state index contributed by atoms with van der Waals surface area (Å²) in [6.07, 6.45) is 7.85. The van der Waals surface area contributed by atoms with E-state index in [1.165, 1.54) is 19.3 Å². The van der Waals surface area contributed by atoms with E-state index in [9.17, 15) is 0 Å². The lowest BCUT2D eigenvalue weighted by Crippen LogP contribution is -2.46. The highest BCUT2D eigenvalue weighted by Gasteiger charge is 2.38. The van der Waals surface area contributed by atoms with Crippen molar-refractivity contribution in [3.8, 4) is 0 Å². The largest absolute Gasteiger partial charge is 0.381 e. The van der Waals surface area contributed by atoms with E-state index in [0.29, 0.717) is 6.10 Å². The second-order valence-electron chi connectivity index (χ2n) is 5.18. The van der Waals surface area contributed by atoms with Crippen molar-refractivity contribution in [3.63, 3.8) is 0 Å². The molecule has 0 bridgehead atoms. The predicted molar refractivity (Wildman–Crippen MR) is 69.1 cm³/mol. The van der Waals surface area contributed by atoms with Gasteiger partial charge in [0.15, 0.2) is 0 Å². The molecule has 2 nitrogen and oxygen atoms in total. The van der Waals surface area contributed by atoms with Gasteiger partial charge in [0.2, 0.25) is 0 Å². The highest BCUT2D eigenvalue weighted by Crippen LogP contribution is 2.37. The molecule has 1 aliphatic heterocycles. The summed E-state index contributed by atoms with van der Waals surface area (Å²) < 4.78 is 11.9. The molecule has 3 heteroatoms. The van der Waals surface area contributed by atoms with Crippen molar-refractivity contribution in [1.82, 2.24) is 0 Å². The van der Waals surface area contributed by atoms with Gasteiger partial charge in [0, 0.05) is 31.4 Å². The summed E-state index contributed by atoms with van der Waals surface area (Å²) in [6.45, 7) is 3.96. The zero-order valence-corrected chi connectivity index (χ0v) is 11.8. The minimum Gasteiger partial charge on any atom is -0.381 e. The highest BCUT2D eigenvalue weighted by atomic mass is 79.9. The molecule has 2 aliphatic rings. The summed E-state index contributed by atoms with van der Waals surface area (Å²) in [6, 6.07) is 0. The maximum atomic E-state index is 6.45. The lowest BCUT2D eigenvalue weighted by molar-refractivity contribution is -0.153. The second kappa shape index (κ2) is 5.83. The van der Waals surface area contributed by atoms with Gasteiger partial charge in [-0.1, -0.05) is 29.3 Å². The van der Waals surface area contributed by atoms with Crippen LogP contribution < -0.4 is 0 Å². The Hall–Kier alpha value is 0.400. The molecule has 1 unspecified atom stereocenters. The van der Waals surface area contributed by atoms with Gasteiger partial charge >= 0.3 is 0 Å². The smallest absolute Gasteiger partial charge is 0.0826 e. The van der Waals surface area contributed by atoms with Crippen LogP contribution in [-0.2, 0) is 9.47 Å². The van der Waals surface area contributed by atoms with Crippen molar-refractivity contribution >= 4 is 15.9 Å². The van der Waals surface area contributed by atoms with Crippen molar-refractivity contribution in [2.24, 2.45) is 5.92 Å². The molecule has 1 heterocycles. The van der Waals surface area contributed by atoms with Gasteiger partial charge in [0.25, 0.3) is 0 Å². The number of rotatable bonds is 5.